The number of fused-ring (bicyclic) bond motifs is 1. The Bertz CT molecular complexity index is 1330. The van der Waals surface area contributed by atoms with Crippen LogP contribution in [0.5, 0.6) is 5.75 Å². The van der Waals surface area contributed by atoms with Gasteiger partial charge in [-0.15, -0.1) is 0 Å². The van der Waals surface area contributed by atoms with E-state index in [-0.39, 0.29) is 17.0 Å². The summed E-state index contributed by atoms with van der Waals surface area (Å²) < 4.78 is 25.4. The van der Waals surface area contributed by atoms with Gasteiger partial charge in [-0.1, -0.05) is 17.7 Å². The Hall–Kier alpha value is -3.27. The number of amides is 1. The van der Waals surface area contributed by atoms with Crippen molar-refractivity contribution in [3.05, 3.63) is 59.7 Å². The number of carbonyl (C=O) groups is 1. The van der Waals surface area contributed by atoms with Crippen molar-refractivity contribution >= 4 is 45.6 Å². The number of nitrogens with zero attached hydrogens (tertiary/aromatic N) is 3. The lowest BCUT2D eigenvalue weighted by atomic mass is 10.1. The van der Waals surface area contributed by atoms with Crippen LogP contribution in [0.4, 0.5) is 21.6 Å². The molecule has 8 nitrogen and oxygen atoms in total. The maximum absolute atomic E-state index is 13.6. The smallest absolute Gasteiger partial charge is 0.248 e. The number of halogens is 2. The maximum Gasteiger partial charge on any atom is 0.248 e. The van der Waals surface area contributed by atoms with Crippen molar-refractivity contribution in [2.45, 2.75) is 31.8 Å². The first-order chi connectivity index (χ1) is 18.4. The van der Waals surface area contributed by atoms with Gasteiger partial charge >= 0.3 is 0 Å². The van der Waals surface area contributed by atoms with Gasteiger partial charge in [-0.05, 0) is 62.9 Å². The molecular weight excluding hydrogens is 509 g/mol. The minimum atomic E-state index is -0.502. The van der Waals surface area contributed by atoms with Gasteiger partial charge in [-0.3, -0.25) is 4.79 Å². The molecule has 1 aliphatic heterocycles. The Morgan fingerprint density at radius 2 is 2.13 bits per heavy atom. The number of hydrogen-bond donors (Lipinski definition) is 2. The van der Waals surface area contributed by atoms with Gasteiger partial charge in [0.2, 0.25) is 5.91 Å². The fraction of sp³-hybridized carbons (Fsp3) is 0.393. The Kier molecular flexibility index (Phi) is 8.36. The number of ether oxygens (including phenoxy) is 2. The van der Waals surface area contributed by atoms with Crippen LogP contribution >= 0.6 is 11.6 Å². The molecule has 1 aromatic heterocycles. The topological polar surface area (TPSA) is 88.6 Å². The predicted molar refractivity (Wildman–Crippen MR) is 147 cm³/mol. The molecule has 0 unspecified atom stereocenters. The van der Waals surface area contributed by atoms with E-state index in [9.17, 15) is 9.18 Å². The number of hydrogen-bond acceptors (Lipinski definition) is 7. The van der Waals surface area contributed by atoms with E-state index in [1.807, 2.05) is 13.1 Å². The molecule has 0 bridgehead atoms. The molecule has 2 aliphatic rings. The van der Waals surface area contributed by atoms with Crippen LogP contribution in [-0.4, -0.2) is 60.2 Å². The standard InChI is InChI=1S/C28H31ClFN5O3/c1-35(15-20-4-3-11-37-20)10-2-5-27(36)34-25-13-21-24(14-26(25)38-16-18-6-7-18)31-17-32-28(21)33-19-8-9-23(30)22(29)12-19/h2,5,8-9,12-14,17-18,20H,3-4,6-7,10-11,15-16H2,1H3,(H,34,36)(H,31,32,33)/b5-2+/t20-/m1/s1. The highest BCUT2D eigenvalue weighted by atomic mass is 35.5. The van der Waals surface area contributed by atoms with Crippen LogP contribution < -0.4 is 15.4 Å². The molecule has 1 amide bonds. The van der Waals surface area contributed by atoms with Crippen molar-refractivity contribution in [2.24, 2.45) is 5.92 Å². The quantitative estimate of drug-likeness (QED) is 0.308. The molecule has 38 heavy (non-hydrogen) atoms. The summed E-state index contributed by atoms with van der Waals surface area (Å²) >= 11 is 5.94. The third-order valence-electron chi connectivity index (χ3n) is 6.57. The summed E-state index contributed by atoms with van der Waals surface area (Å²) in [5.74, 6) is 0.824. The van der Waals surface area contributed by atoms with Crippen molar-refractivity contribution in [1.29, 1.82) is 0 Å². The summed E-state index contributed by atoms with van der Waals surface area (Å²) in [7, 11) is 2.01. The summed E-state index contributed by atoms with van der Waals surface area (Å²) in [5.41, 5.74) is 1.74. The summed E-state index contributed by atoms with van der Waals surface area (Å²) in [4.78, 5) is 23.7. The number of likely N-dealkylation sites (N-methyl/N-ethyl adjacent to an activating group) is 1. The Morgan fingerprint density at radius 1 is 1.26 bits per heavy atom. The Labute approximate surface area is 226 Å². The fourth-order valence-corrected chi connectivity index (χ4v) is 4.51. The van der Waals surface area contributed by atoms with Crippen LogP contribution in [0.1, 0.15) is 25.7 Å². The van der Waals surface area contributed by atoms with Crippen molar-refractivity contribution in [3.63, 3.8) is 0 Å². The van der Waals surface area contributed by atoms with Crippen molar-refractivity contribution in [3.8, 4) is 5.75 Å². The number of anilines is 3. The van der Waals surface area contributed by atoms with Gasteiger partial charge in [0, 0.05) is 42.9 Å². The number of aromatic nitrogens is 2. The van der Waals surface area contributed by atoms with E-state index in [4.69, 9.17) is 21.1 Å². The molecule has 200 valence electrons. The molecule has 1 atom stereocenters. The zero-order chi connectivity index (χ0) is 26.5. The molecule has 0 radical (unpaired) electrons. The van der Waals surface area contributed by atoms with Crippen LogP contribution in [0.2, 0.25) is 5.02 Å². The van der Waals surface area contributed by atoms with E-state index in [0.717, 1.165) is 38.8 Å². The predicted octanol–water partition coefficient (Wildman–Crippen LogP) is 5.56. The highest BCUT2D eigenvalue weighted by Crippen LogP contribution is 2.36. The third kappa shape index (κ3) is 6.98. The van der Waals surface area contributed by atoms with Crippen molar-refractivity contribution < 1.29 is 18.7 Å². The largest absolute Gasteiger partial charge is 0.491 e. The van der Waals surface area contributed by atoms with Crippen LogP contribution in [0.25, 0.3) is 10.9 Å². The molecule has 2 N–H and O–H groups in total. The molecular formula is C28H31ClFN5O3. The summed E-state index contributed by atoms with van der Waals surface area (Å²) in [6.45, 7) is 2.89. The normalized spacial score (nSPS) is 17.4. The van der Waals surface area contributed by atoms with Crippen molar-refractivity contribution in [2.75, 3.05) is 44.0 Å². The Balaban J connectivity index is 1.33. The van der Waals surface area contributed by atoms with Gasteiger partial charge in [-0.25, -0.2) is 14.4 Å². The second kappa shape index (κ2) is 12.1. The summed E-state index contributed by atoms with van der Waals surface area (Å²) in [5, 5.41) is 6.79. The lowest BCUT2D eigenvalue weighted by Gasteiger charge is -2.18. The molecule has 10 heteroatoms. The van der Waals surface area contributed by atoms with E-state index in [0.29, 0.717) is 52.9 Å². The minimum absolute atomic E-state index is 0.00489. The van der Waals surface area contributed by atoms with E-state index < -0.39 is 5.82 Å². The van der Waals surface area contributed by atoms with E-state index in [1.54, 1.807) is 18.2 Å². The molecule has 1 aliphatic carbocycles. The zero-order valence-electron chi connectivity index (χ0n) is 21.3. The molecule has 2 heterocycles. The molecule has 2 aromatic carbocycles. The first-order valence-corrected chi connectivity index (χ1v) is 13.2. The summed E-state index contributed by atoms with van der Waals surface area (Å²) in [6, 6.07) is 7.94. The molecule has 1 saturated heterocycles. The zero-order valence-corrected chi connectivity index (χ0v) is 22.0. The van der Waals surface area contributed by atoms with E-state index in [1.165, 1.54) is 24.5 Å². The average Bonchev–Trinajstić information content (AvgIpc) is 3.59. The van der Waals surface area contributed by atoms with Crippen LogP contribution in [0, 0.1) is 11.7 Å². The second-order valence-electron chi connectivity index (χ2n) is 9.84. The van der Waals surface area contributed by atoms with Gasteiger partial charge in [0.25, 0.3) is 0 Å². The lowest BCUT2D eigenvalue weighted by Crippen LogP contribution is -2.28. The number of benzene rings is 2. The van der Waals surface area contributed by atoms with Gasteiger partial charge in [-0.2, -0.15) is 0 Å². The molecule has 2 fully saturated rings. The van der Waals surface area contributed by atoms with Gasteiger partial charge in [0.15, 0.2) is 0 Å². The monoisotopic (exact) mass is 539 g/mol. The van der Waals surface area contributed by atoms with Crippen molar-refractivity contribution in [1.82, 2.24) is 14.9 Å². The van der Waals surface area contributed by atoms with E-state index in [2.05, 4.69) is 25.5 Å². The minimum Gasteiger partial charge on any atom is -0.491 e. The number of nitrogens with one attached hydrogen (secondary N) is 2. The highest BCUT2D eigenvalue weighted by molar-refractivity contribution is 6.31. The Morgan fingerprint density at radius 3 is 2.89 bits per heavy atom. The molecule has 1 saturated carbocycles. The van der Waals surface area contributed by atoms with Gasteiger partial charge in [0.1, 0.15) is 23.7 Å². The lowest BCUT2D eigenvalue weighted by molar-refractivity contribution is -0.111. The number of rotatable bonds is 11. The average molecular weight is 540 g/mol. The molecule has 5 rings (SSSR count). The second-order valence-corrected chi connectivity index (χ2v) is 10.3. The van der Waals surface area contributed by atoms with Crippen LogP contribution in [0.15, 0.2) is 48.8 Å². The molecule has 0 spiro atoms. The fourth-order valence-electron chi connectivity index (χ4n) is 4.33. The molecule has 3 aromatic rings. The first kappa shape index (κ1) is 26.3. The highest BCUT2D eigenvalue weighted by Gasteiger charge is 2.23. The maximum atomic E-state index is 13.6. The van der Waals surface area contributed by atoms with Crippen LogP contribution in [0.3, 0.4) is 0 Å². The third-order valence-corrected chi connectivity index (χ3v) is 6.86. The van der Waals surface area contributed by atoms with E-state index >= 15 is 0 Å². The number of carbonyl (C=O) groups excluding carboxylic acids is 1. The first-order valence-electron chi connectivity index (χ1n) is 12.9. The van der Waals surface area contributed by atoms with Gasteiger partial charge in [0.05, 0.1) is 28.9 Å². The van der Waals surface area contributed by atoms with Crippen LogP contribution in [-0.2, 0) is 9.53 Å². The SMILES string of the molecule is CN(C/C=C/C(=O)Nc1cc2c(Nc3ccc(F)c(Cl)c3)ncnc2cc1OCC1CC1)C[C@H]1CCCO1. The van der Waals surface area contributed by atoms with Gasteiger partial charge < -0.3 is 25.0 Å². The summed E-state index contributed by atoms with van der Waals surface area (Å²) in [6.07, 6.45) is 9.55.